The molecule has 0 amide bonds. The van der Waals surface area contributed by atoms with Crippen LogP contribution in [0.15, 0.2) is 12.7 Å². The molecule has 0 nitrogen and oxygen atoms in total. The van der Waals surface area contributed by atoms with Crippen molar-refractivity contribution >= 4 is 0 Å². The lowest BCUT2D eigenvalue weighted by Crippen LogP contribution is -2.54. The predicted octanol–water partition coefficient (Wildman–Crippen LogP) is 6.08. The van der Waals surface area contributed by atoms with Crippen LogP contribution < -0.4 is 0 Å². The highest BCUT2D eigenvalue weighted by molar-refractivity contribution is 4.98. The molecule has 0 aliphatic rings. The molecular formula is C12H13F11. The molecule has 0 aromatic heterocycles. The monoisotopic (exact) mass is 366 g/mol. The molecule has 0 aromatic rings. The topological polar surface area (TPSA) is 0 Å². The first kappa shape index (κ1) is 22.0. The lowest BCUT2D eigenvalue weighted by molar-refractivity contribution is -0.347. The van der Waals surface area contributed by atoms with Crippen LogP contribution in [0.4, 0.5) is 48.3 Å². The van der Waals surface area contributed by atoms with Crippen molar-refractivity contribution in [1.29, 1.82) is 0 Å². The molecule has 0 rings (SSSR count). The van der Waals surface area contributed by atoms with E-state index in [1.165, 1.54) is 0 Å². The molecular weight excluding hydrogens is 353 g/mol. The van der Waals surface area contributed by atoms with Crippen LogP contribution in [0.25, 0.3) is 0 Å². The minimum Gasteiger partial charge on any atom is -0.234 e. The van der Waals surface area contributed by atoms with E-state index in [2.05, 4.69) is 6.58 Å². The normalized spacial score (nSPS) is 18.4. The number of allylic oxidation sites excluding steroid dienone is 1. The van der Waals surface area contributed by atoms with Gasteiger partial charge in [0.1, 0.15) is 0 Å². The molecule has 138 valence electrons. The Bertz CT molecular complexity index is 385. The number of hydrogen-bond acceptors (Lipinski definition) is 0. The highest BCUT2D eigenvalue weighted by Crippen LogP contribution is 2.51. The zero-order chi connectivity index (χ0) is 18.9. The average Bonchev–Trinajstić information content (AvgIpc) is 2.23. The Balaban J connectivity index is 5.61. The third-order valence-corrected chi connectivity index (χ3v) is 3.23. The summed E-state index contributed by atoms with van der Waals surface area (Å²) in [5.74, 6) is -2.21. The van der Waals surface area contributed by atoms with E-state index in [0.717, 1.165) is 0 Å². The Labute approximate surface area is 124 Å². The van der Waals surface area contributed by atoms with E-state index in [9.17, 15) is 48.3 Å². The molecule has 0 fully saturated rings. The summed E-state index contributed by atoms with van der Waals surface area (Å²) in [5, 5.41) is 0. The maximum absolute atomic E-state index is 13.6. The van der Waals surface area contributed by atoms with Crippen molar-refractivity contribution in [2.45, 2.75) is 56.1 Å². The van der Waals surface area contributed by atoms with Gasteiger partial charge in [-0.05, 0) is 25.7 Å². The fourth-order valence-electron chi connectivity index (χ4n) is 1.92. The molecule has 0 aliphatic carbocycles. The van der Waals surface area contributed by atoms with Crippen LogP contribution in [-0.2, 0) is 0 Å². The Hall–Kier alpha value is -1.03. The minimum absolute atomic E-state index is 0.0375. The molecule has 0 saturated heterocycles. The first-order valence-electron chi connectivity index (χ1n) is 6.08. The van der Waals surface area contributed by atoms with Crippen molar-refractivity contribution in [3.05, 3.63) is 12.7 Å². The highest BCUT2D eigenvalue weighted by atomic mass is 19.4. The second kappa shape index (κ2) is 6.46. The van der Waals surface area contributed by atoms with Crippen molar-refractivity contribution in [1.82, 2.24) is 0 Å². The third-order valence-electron chi connectivity index (χ3n) is 3.23. The van der Waals surface area contributed by atoms with Gasteiger partial charge in [0.05, 0.1) is 0 Å². The van der Waals surface area contributed by atoms with E-state index in [4.69, 9.17) is 0 Å². The number of rotatable bonds is 6. The van der Waals surface area contributed by atoms with E-state index in [0.29, 0.717) is 6.08 Å². The number of halogens is 11. The average molecular weight is 366 g/mol. The minimum atomic E-state index is -6.41. The van der Waals surface area contributed by atoms with Gasteiger partial charge in [0.15, 0.2) is 0 Å². The second-order valence-corrected chi connectivity index (χ2v) is 5.29. The first-order chi connectivity index (χ1) is 9.89. The van der Waals surface area contributed by atoms with Crippen LogP contribution in [0.5, 0.6) is 0 Å². The van der Waals surface area contributed by atoms with Crippen LogP contribution in [0.3, 0.4) is 0 Å². The maximum atomic E-state index is 13.6. The molecule has 0 bridgehead atoms. The van der Waals surface area contributed by atoms with Crippen LogP contribution >= 0.6 is 0 Å². The van der Waals surface area contributed by atoms with Crippen LogP contribution in [0, 0.1) is 5.92 Å². The summed E-state index contributed by atoms with van der Waals surface area (Å²) in [6.07, 6.45) is -22.6. The molecule has 11 heteroatoms. The summed E-state index contributed by atoms with van der Waals surface area (Å²) >= 11 is 0. The molecule has 0 N–H and O–H groups in total. The zero-order valence-corrected chi connectivity index (χ0v) is 11.6. The predicted molar refractivity (Wildman–Crippen MR) is 59.1 cm³/mol. The lowest BCUT2D eigenvalue weighted by atomic mass is 9.82. The Morgan fingerprint density at radius 3 is 1.39 bits per heavy atom. The van der Waals surface area contributed by atoms with Crippen LogP contribution in [0.1, 0.15) is 26.2 Å². The van der Waals surface area contributed by atoms with Gasteiger partial charge in [-0.3, -0.25) is 0 Å². The van der Waals surface area contributed by atoms with E-state index in [1.807, 2.05) is 0 Å². The third kappa shape index (κ3) is 4.97. The summed E-state index contributed by atoms with van der Waals surface area (Å²) in [7, 11) is 0. The molecule has 0 heterocycles. The molecule has 2 unspecified atom stereocenters. The first-order valence-corrected chi connectivity index (χ1v) is 6.08. The number of hydrogen-bond donors (Lipinski definition) is 0. The summed E-state index contributed by atoms with van der Waals surface area (Å²) in [6, 6.07) is 0. The van der Waals surface area contributed by atoms with Crippen LogP contribution in [-0.4, -0.2) is 29.9 Å². The quantitative estimate of drug-likeness (QED) is 0.395. The van der Waals surface area contributed by atoms with Crippen molar-refractivity contribution in [2.75, 3.05) is 0 Å². The van der Waals surface area contributed by atoms with Gasteiger partial charge in [-0.1, -0.05) is 6.08 Å². The van der Waals surface area contributed by atoms with E-state index in [1.54, 1.807) is 0 Å². The van der Waals surface area contributed by atoms with E-state index < -0.39 is 55.0 Å². The Morgan fingerprint density at radius 2 is 1.13 bits per heavy atom. The largest absolute Gasteiger partial charge is 0.431 e. The summed E-state index contributed by atoms with van der Waals surface area (Å²) in [4.78, 5) is 0. The van der Waals surface area contributed by atoms with Crippen molar-refractivity contribution in [2.24, 2.45) is 5.92 Å². The van der Waals surface area contributed by atoms with Crippen molar-refractivity contribution < 1.29 is 48.3 Å². The summed E-state index contributed by atoms with van der Waals surface area (Å²) in [6.45, 7) is 2.92. The standard InChI is InChI=1S/C12H13F11/c1-3-4-7(5-8(2,13)10(15,16)17)6-9(14,11(18,19)20)12(21,22)23/h3,7H,1,4-6H2,2H3. The molecule has 0 aromatic carbocycles. The van der Waals surface area contributed by atoms with Gasteiger partial charge in [0.2, 0.25) is 5.67 Å². The van der Waals surface area contributed by atoms with Crippen molar-refractivity contribution in [3.8, 4) is 0 Å². The van der Waals surface area contributed by atoms with Gasteiger partial charge in [-0.15, -0.1) is 6.58 Å². The fraction of sp³-hybridized carbons (Fsp3) is 0.833. The number of alkyl halides is 11. The molecule has 0 saturated carbocycles. The zero-order valence-electron chi connectivity index (χ0n) is 11.6. The molecule has 0 spiro atoms. The fourth-order valence-corrected chi connectivity index (χ4v) is 1.92. The summed E-state index contributed by atoms with van der Waals surface area (Å²) in [5.41, 5.74) is -9.81. The maximum Gasteiger partial charge on any atom is 0.431 e. The van der Waals surface area contributed by atoms with Gasteiger partial charge in [-0.2, -0.15) is 39.5 Å². The van der Waals surface area contributed by atoms with Gasteiger partial charge in [0.25, 0.3) is 5.67 Å². The van der Waals surface area contributed by atoms with Gasteiger partial charge < -0.3 is 0 Å². The van der Waals surface area contributed by atoms with Crippen molar-refractivity contribution in [3.63, 3.8) is 0 Å². The van der Waals surface area contributed by atoms with E-state index >= 15 is 0 Å². The lowest BCUT2D eigenvalue weighted by Gasteiger charge is -2.35. The second-order valence-electron chi connectivity index (χ2n) is 5.29. The van der Waals surface area contributed by atoms with E-state index in [-0.39, 0.29) is 6.92 Å². The molecule has 0 aliphatic heterocycles. The molecule has 23 heavy (non-hydrogen) atoms. The molecule has 2 atom stereocenters. The molecule has 0 radical (unpaired) electrons. The van der Waals surface area contributed by atoms with Gasteiger partial charge in [0, 0.05) is 6.42 Å². The van der Waals surface area contributed by atoms with Crippen LogP contribution in [0.2, 0.25) is 0 Å². The Morgan fingerprint density at radius 1 is 0.739 bits per heavy atom. The van der Waals surface area contributed by atoms with Gasteiger partial charge in [-0.25, -0.2) is 8.78 Å². The summed E-state index contributed by atoms with van der Waals surface area (Å²) < 4.78 is 139. The highest BCUT2D eigenvalue weighted by Gasteiger charge is 2.72. The smallest absolute Gasteiger partial charge is 0.234 e. The van der Waals surface area contributed by atoms with Gasteiger partial charge >= 0.3 is 18.5 Å². The Kier molecular flexibility index (Phi) is 6.17. The SMILES string of the molecule is C=CCC(CC(C)(F)C(F)(F)F)CC(F)(C(F)(F)F)C(F)(F)F.